The lowest BCUT2D eigenvalue weighted by Crippen LogP contribution is -2.15. The first-order valence-corrected chi connectivity index (χ1v) is 21.1. The van der Waals surface area contributed by atoms with Gasteiger partial charge in [-0.1, -0.05) is 172 Å². The summed E-state index contributed by atoms with van der Waals surface area (Å²) in [6.45, 7) is 4.71. The molecule has 4 nitrogen and oxygen atoms in total. The van der Waals surface area contributed by atoms with E-state index in [-0.39, 0.29) is 5.41 Å². The van der Waals surface area contributed by atoms with Crippen molar-refractivity contribution in [2.75, 3.05) is 0 Å². The van der Waals surface area contributed by atoms with Gasteiger partial charge in [0.1, 0.15) is 0 Å². The molecule has 0 amide bonds. The first-order valence-electron chi connectivity index (χ1n) is 21.1. The average molecular weight is 779 g/mol. The van der Waals surface area contributed by atoms with E-state index in [4.69, 9.17) is 9.97 Å². The van der Waals surface area contributed by atoms with Crippen molar-refractivity contribution in [1.82, 2.24) is 19.1 Å². The molecule has 3 aromatic heterocycles. The van der Waals surface area contributed by atoms with Gasteiger partial charge in [0, 0.05) is 43.3 Å². The highest BCUT2D eigenvalue weighted by Crippen LogP contribution is 2.52. The maximum atomic E-state index is 5.60. The Morgan fingerprint density at radius 1 is 0.377 bits per heavy atom. The highest BCUT2D eigenvalue weighted by Gasteiger charge is 2.36. The zero-order valence-electron chi connectivity index (χ0n) is 33.8. The zero-order chi connectivity index (χ0) is 40.4. The number of fused-ring (bicyclic) bond motifs is 12. The molecular formula is C57H38N4. The molecule has 0 fully saturated rings. The molecular weight excluding hydrogens is 741 g/mol. The minimum absolute atomic E-state index is 0.187. The molecule has 0 atom stereocenters. The lowest BCUT2D eigenvalue weighted by atomic mass is 9.82. The van der Waals surface area contributed by atoms with Gasteiger partial charge in [-0.2, -0.15) is 0 Å². The van der Waals surface area contributed by atoms with Gasteiger partial charge in [-0.15, -0.1) is 0 Å². The molecule has 1 aliphatic rings. The Bertz CT molecular complexity index is 3720. The zero-order valence-corrected chi connectivity index (χ0v) is 33.8. The van der Waals surface area contributed by atoms with Crippen LogP contribution in [0.25, 0.3) is 110 Å². The summed E-state index contributed by atoms with van der Waals surface area (Å²) in [5.41, 5.74) is 16.0. The number of aromatic nitrogens is 4. The second kappa shape index (κ2) is 12.6. The van der Waals surface area contributed by atoms with Crippen molar-refractivity contribution in [2.24, 2.45) is 0 Å². The number of para-hydroxylation sites is 3. The molecule has 61 heavy (non-hydrogen) atoms. The first kappa shape index (κ1) is 34.1. The lowest BCUT2D eigenvalue weighted by molar-refractivity contribution is 0.661. The van der Waals surface area contributed by atoms with Crippen LogP contribution >= 0.6 is 0 Å². The van der Waals surface area contributed by atoms with Gasteiger partial charge in [-0.05, 0) is 75.2 Å². The summed E-state index contributed by atoms with van der Waals surface area (Å²) >= 11 is 0. The molecule has 4 heteroatoms. The molecule has 3 heterocycles. The average Bonchev–Trinajstić information content (AvgIpc) is 3.90. The Hall–Kier alpha value is -7.82. The number of nitrogens with zero attached hydrogens (tertiary/aromatic N) is 4. The van der Waals surface area contributed by atoms with Crippen molar-refractivity contribution in [1.29, 1.82) is 0 Å². The molecule has 0 radical (unpaired) electrons. The standard InChI is InChI=1S/C57H38N4/c1-57(2)46-24-12-8-18-38(46)44-32-45-51(33-47(44)57)61(56-58-48-25-13-9-23-43(48)55(59-56)37-30-28-36(29-31-37)35-16-4-3-5-17-35)53-34-52(41-21-6-7-22-42(41)54(45)53)60-49-26-14-10-19-39(49)40-20-11-15-27-50(40)60/h3-34H,1-2H3. The van der Waals surface area contributed by atoms with Crippen molar-refractivity contribution in [3.63, 3.8) is 0 Å². The third-order valence-corrected chi connectivity index (χ3v) is 13.3. The highest BCUT2D eigenvalue weighted by atomic mass is 15.2. The van der Waals surface area contributed by atoms with E-state index in [2.05, 4.69) is 217 Å². The number of rotatable bonds is 4. The fraction of sp³-hybridized carbons (Fsp3) is 0.0526. The molecule has 1 aliphatic carbocycles. The van der Waals surface area contributed by atoms with Gasteiger partial charge < -0.3 is 4.57 Å². The summed E-state index contributed by atoms with van der Waals surface area (Å²) in [7, 11) is 0. The van der Waals surface area contributed by atoms with Gasteiger partial charge in [0.25, 0.3) is 0 Å². The predicted molar refractivity (Wildman–Crippen MR) is 254 cm³/mol. The Morgan fingerprint density at radius 3 is 1.72 bits per heavy atom. The minimum atomic E-state index is -0.187. The van der Waals surface area contributed by atoms with E-state index in [1.54, 1.807) is 0 Å². The van der Waals surface area contributed by atoms with Crippen LogP contribution in [0.15, 0.2) is 194 Å². The summed E-state index contributed by atoms with van der Waals surface area (Å²) < 4.78 is 4.80. The van der Waals surface area contributed by atoms with Gasteiger partial charge >= 0.3 is 0 Å². The molecule has 9 aromatic carbocycles. The van der Waals surface area contributed by atoms with E-state index < -0.39 is 0 Å². The van der Waals surface area contributed by atoms with Gasteiger partial charge in [0.05, 0.1) is 39.0 Å². The highest BCUT2D eigenvalue weighted by molar-refractivity contribution is 6.24. The fourth-order valence-corrected chi connectivity index (χ4v) is 10.5. The Balaban J connectivity index is 1.17. The van der Waals surface area contributed by atoms with Crippen LogP contribution in [-0.4, -0.2) is 19.1 Å². The van der Waals surface area contributed by atoms with Crippen LogP contribution < -0.4 is 0 Å². The molecule has 0 bridgehead atoms. The van der Waals surface area contributed by atoms with Gasteiger partial charge in [0.15, 0.2) is 0 Å². The van der Waals surface area contributed by atoms with Crippen molar-refractivity contribution in [2.45, 2.75) is 19.3 Å². The summed E-state index contributed by atoms with van der Waals surface area (Å²) in [5.74, 6) is 0.651. The van der Waals surface area contributed by atoms with Crippen molar-refractivity contribution < 1.29 is 0 Å². The van der Waals surface area contributed by atoms with Crippen molar-refractivity contribution in [3.05, 3.63) is 205 Å². The maximum Gasteiger partial charge on any atom is 0.235 e. The van der Waals surface area contributed by atoms with E-state index in [0.717, 1.165) is 38.9 Å². The molecule has 0 saturated carbocycles. The van der Waals surface area contributed by atoms with Crippen molar-refractivity contribution >= 4 is 65.3 Å². The maximum absolute atomic E-state index is 5.60. The third kappa shape index (κ3) is 4.82. The molecule has 0 saturated heterocycles. The van der Waals surface area contributed by atoms with E-state index in [1.165, 1.54) is 76.7 Å². The summed E-state index contributed by atoms with van der Waals surface area (Å²) in [5, 5.41) is 8.28. The quantitative estimate of drug-likeness (QED) is 0.178. The number of benzene rings is 9. The van der Waals surface area contributed by atoms with Crippen LogP contribution in [0.4, 0.5) is 0 Å². The van der Waals surface area contributed by atoms with Crippen LogP contribution in [0.5, 0.6) is 0 Å². The Morgan fingerprint density at radius 2 is 0.967 bits per heavy atom. The summed E-state index contributed by atoms with van der Waals surface area (Å²) in [6.07, 6.45) is 0. The van der Waals surface area contributed by atoms with Crippen molar-refractivity contribution in [3.8, 4) is 45.1 Å². The number of hydrogen-bond acceptors (Lipinski definition) is 2. The van der Waals surface area contributed by atoms with Crippen LogP contribution in [0.1, 0.15) is 25.0 Å². The largest absolute Gasteiger partial charge is 0.309 e. The second-order valence-corrected chi connectivity index (χ2v) is 17.0. The Kier molecular flexibility index (Phi) is 7.04. The molecule has 12 aromatic rings. The van der Waals surface area contributed by atoms with Gasteiger partial charge in [-0.25, -0.2) is 9.97 Å². The van der Waals surface area contributed by atoms with Crippen LogP contribution in [-0.2, 0) is 5.41 Å². The third-order valence-electron chi connectivity index (χ3n) is 13.3. The minimum Gasteiger partial charge on any atom is -0.309 e. The smallest absolute Gasteiger partial charge is 0.235 e. The van der Waals surface area contributed by atoms with Gasteiger partial charge in [-0.3, -0.25) is 4.57 Å². The fourth-order valence-electron chi connectivity index (χ4n) is 10.5. The van der Waals surface area contributed by atoms with Gasteiger partial charge in [0.2, 0.25) is 5.95 Å². The van der Waals surface area contributed by atoms with Crippen LogP contribution in [0, 0.1) is 0 Å². The normalized spacial score (nSPS) is 13.2. The Labute approximate surface area is 352 Å². The monoisotopic (exact) mass is 778 g/mol. The summed E-state index contributed by atoms with van der Waals surface area (Å²) in [4.78, 5) is 11.1. The van der Waals surface area contributed by atoms with Crippen LogP contribution in [0.3, 0.4) is 0 Å². The van der Waals surface area contributed by atoms with E-state index in [1.807, 2.05) is 0 Å². The predicted octanol–water partition coefficient (Wildman–Crippen LogP) is 14.6. The summed E-state index contributed by atoms with van der Waals surface area (Å²) in [6, 6.07) is 70.5. The van der Waals surface area contributed by atoms with E-state index in [9.17, 15) is 0 Å². The van der Waals surface area contributed by atoms with E-state index >= 15 is 0 Å². The molecule has 0 N–H and O–H groups in total. The van der Waals surface area contributed by atoms with Crippen LogP contribution in [0.2, 0.25) is 0 Å². The second-order valence-electron chi connectivity index (χ2n) is 17.0. The first-order chi connectivity index (χ1) is 30.0. The molecule has 0 unspecified atom stereocenters. The molecule has 286 valence electrons. The molecule has 0 aliphatic heterocycles. The molecule has 13 rings (SSSR count). The lowest BCUT2D eigenvalue weighted by Gasteiger charge is -2.21. The van der Waals surface area contributed by atoms with E-state index in [0.29, 0.717) is 5.95 Å². The SMILES string of the molecule is CC1(C)c2ccccc2-c2cc3c4c5ccccc5c(-n5c6ccccc6c6ccccc65)cc4n(-c4nc(-c5ccc(-c6ccccc6)cc5)c5ccccc5n4)c3cc21. The topological polar surface area (TPSA) is 35.6 Å². The number of hydrogen-bond donors (Lipinski definition) is 0. The molecule has 0 spiro atoms.